The molecule has 22 heavy (non-hydrogen) atoms. The zero-order valence-corrected chi connectivity index (χ0v) is 13.2. The first-order valence-electron chi connectivity index (χ1n) is 7.83. The van der Waals surface area contributed by atoms with Crippen molar-refractivity contribution in [3.8, 4) is 0 Å². The Morgan fingerprint density at radius 1 is 1.23 bits per heavy atom. The molecular formula is C17H23N4O+. The van der Waals surface area contributed by atoms with E-state index in [-0.39, 0.29) is 5.56 Å². The van der Waals surface area contributed by atoms with Crippen molar-refractivity contribution in [2.24, 2.45) is 0 Å². The number of nitrogens with zero attached hydrogens (tertiary/aromatic N) is 2. The molecule has 1 aromatic heterocycles. The van der Waals surface area contributed by atoms with Crippen molar-refractivity contribution in [2.45, 2.75) is 13.3 Å². The van der Waals surface area contributed by atoms with Gasteiger partial charge in [0.2, 0.25) is 5.95 Å². The minimum atomic E-state index is -0.0161. The first-order chi connectivity index (χ1) is 10.6. The Morgan fingerprint density at radius 3 is 2.55 bits per heavy atom. The summed E-state index contributed by atoms with van der Waals surface area (Å²) in [6.07, 6.45) is 0.627. The van der Waals surface area contributed by atoms with E-state index >= 15 is 0 Å². The van der Waals surface area contributed by atoms with Crippen molar-refractivity contribution in [1.29, 1.82) is 0 Å². The number of nitrogens with one attached hydrogen (secondary N) is 2. The molecule has 0 unspecified atom stereocenters. The van der Waals surface area contributed by atoms with E-state index in [0.717, 1.165) is 43.0 Å². The highest BCUT2D eigenvalue weighted by atomic mass is 16.1. The van der Waals surface area contributed by atoms with E-state index in [1.54, 1.807) is 0 Å². The second-order valence-electron chi connectivity index (χ2n) is 6.06. The molecule has 5 nitrogen and oxygen atoms in total. The topological polar surface area (TPSA) is 53.4 Å². The van der Waals surface area contributed by atoms with Crippen LogP contribution in [0.4, 0.5) is 5.95 Å². The quantitative estimate of drug-likeness (QED) is 0.839. The van der Waals surface area contributed by atoms with Crippen molar-refractivity contribution >= 4 is 5.95 Å². The number of rotatable bonds is 3. The molecule has 1 aromatic carbocycles. The summed E-state index contributed by atoms with van der Waals surface area (Å²) in [6, 6.07) is 10.0. The molecule has 2 heterocycles. The van der Waals surface area contributed by atoms with Gasteiger partial charge in [-0.05, 0) is 12.5 Å². The maximum absolute atomic E-state index is 12.4. The van der Waals surface area contributed by atoms with Gasteiger partial charge in [-0.1, -0.05) is 30.3 Å². The molecule has 5 heteroatoms. The SMILES string of the molecule is Cc1nc(N2CC[NH+](C)CC2)[nH]c(=O)c1Cc1ccccc1. The number of hydrogen-bond donors (Lipinski definition) is 2. The van der Waals surface area contributed by atoms with Crippen LogP contribution in [0.3, 0.4) is 0 Å². The largest absolute Gasteiger partial charge is 0.334 e. The molecule has 0 radical (unpaired) electrons. The molecule has 2 N–H and O–H groups in total. The van der Waals surface area contributed by atoms with E-state index in [9.17, 15) is 4.79 Å². The van der Waals surface area contributed by atoms with Crippen molar-refractivity contribution in [2.75, 3.05) is 38.1 Å². The molecule has 1 aliphatic heterocycles. The van der Waals surface area contributed by atoms with Gasteiger partial charge in [0.15, 0.2) is 0 Å². The molecule has 1 aliphatic rings. The molecule has 0 bridgehead atoms. The van der Waals surface area contributed by atoms with E-state index in [1.807, 2.05) is 37.3 Å². The van der Waals surface area contributed by atoms with Gasteiger partial charge >= 0.3 is 0 Å². The molecule has 0 spiro atoms. The Hall–Kier alpha value is -2.14. The highest BCUT2D eigenvalue weighted by Crippen LogP contribution is 2.12. The van der Waals surface area contributed by atoms with Crippen molar-refractivity contribution in [1.82, 2.24) is 9.97 Å². The van der Waals surface area contributed by atoms with Gasteiger partial charge in [0.25, 0.3) is 5.56 Å². The fraction of sp³-hybridized carbons (Fsp3) is 0.412. The monoisotopic (exact) mass is 299 g/mol. The zero-order valence-electron chi connectivity index (χ0n) is 13.2. The lowest BCUT2D eigenvalue weighted by Gasteiger charge is -2.30. The smallest absolute Gasteiger partial charge is 0.256 e. The summed E-state index contributed by atoms with van der Waals surface area (Å²) >= 11 is 0. The molecule has 3 rings (SSSR count). The standard InChI is InChI=1S/C17H22N4O/c1-13-15(12-14-6-4-3-5-7-14)16(22)19-17(18-13)21-10-8-20(2)9-11-21/h3-7H,8-12H2,1-2H3,(H,18,19,22)/p+1. The molecular weight excluding hydrogens is 276 g/mol. The molecule has 0 atom stereocenters. The number of likely N-dealkylation sites (N-methyl/N-ethyl adjacent to an activating group) is 1. The van der Waals surface area contributed by atoms with Crippen LogP contribution in [0.25, 0.3) is 0 Å². The number of aromatic nitrogens is 2. The normalized spacial score (nSPS) is 16.0. The van der Waals surface area contributed by atoms with Crippen LogP contribution >= 0.6 is 0 Å². The molecule has 116 valence electrons. The summed E-state index contributed by atoms with van der Waals surface area (Å²) in [6.45, 7) is 5.96. The van der Waals surface area contributed by atoms with Gasteiger partial charge in [0.05, 0.1) is 38.9 Å². The van der Waals surface area contributed by atoms with Crippen LogP contribution in [0, 0.1) is 6.92 Å². The first-order valence-corrected chi connectivity index (χ1v) is 7.83. The molecule has 1 saturated heterocycles. The van der Waals surface area contributed by atoms with Gasteiger partial charge < -0.3 is 9.80 Å². The highest BCUT2D eigenvalue weighted by Gasteiger charge is 2.20. The Labute approximate surface area is 130 Å². The summed E-state index contributed by atoms with van der Waals surface area (Å²) in [5, 5.41) is 0. The van der Waals surface area contributed by atoms with Gasteiger partial charge in [-0.2, -0.15) is 0 Å². The maximum Gasteiger partial charge on any atom is 0.256 e. The highest BCUT2D eigenvalue weighted by molar-refractivity contribution is 5.35. The van der Waals surface area contributed by atoms with Gasteiger partial charge in [0.1, 0.15) is 0 Å². The predicted molar refractivity (Wildman–Crippen MR) is 87.7 cm³/mol. The summed E-state index contributed by atoms with van der Waals surface area (Å²) in [5.74, 6) is 0.715. The van der Waals surface area contributed by atoms with Crippen LogP contribution in [-0.2, 0) is 6.42 Å². The second kappa shape index (κ2) is 6.32. The van der Waals surface area contributed by atoms with Crippen LogP contribution in [0.15, 0.2) is 35.1 Å². The van der Waals surface area contributed by atoms with Gasteiger partial charge in [-0.25, -0.2) is 4.98 Å². The van der Waals surface area contributed by atoms with Crippen LogP contribution < -0.4 is 15.4 Å². The number of hydrogen-bond acceptors (Lipinski definition) is 3. The number of H-pyrrole nitrogens is 1. The molecule has 0 amide bonds. The minimum Gasteiger partial charge on any atom is -0.334 e. The number of aryl methyl sites for hydroxylation is 1. The van der Waals surface area contributed by atoms with Crippen LogP contribution in [0.1, 0.15) is 16.8 Å². The van der Waals surface area contributed by atoms with Crippen molar-refractivity contribution in [3.63, 3.8) is 0 Å². The van der Waals surface area contributed by atoms with Gasteiger partial charge in [0, 0.05) is 12.0 Å². The van der Waals surface area contributed by atoms with E-state index in [1.165, 1.54) is 4.90 Å². The fourth-order valence-electron chi connectivity index (χ4n) is 2.85. The minimum absolute atomic E-state index is 0.0161. The summed E-state index contributed by atoms with van der Waals surface area (Å²) < 4.78 is 0. The first kappa shape index (κ1) is 14.8. The number of piperazine rings is 1. The predicted octanol–water partition coefficient (Wildman–Crippen LogP) is 0.00382. The third-order valence-electron chi connectivity index (χ3n) is 4.35. The lowest BCUT2D eigenvalue weighted by atomic mass is 10.1. The second-order valence-corrected chi connectivity index (χ2v) is 6.06. The van der Waals surface area contributed by atoms with Crippen molar-refractivity contribution < 1.29 is 4.90 Å². The third-order valence-corrected chi connectivity index (χ3v) is 4.35. The van der Waals surface area contributed by atoms with Crippen LogP contribution in [-0.4, -0.2) is 43.2 Å². The van der Waals surface area contributed by atoms with Crippen LogP contribution in [0.5, 0.6) is 0 Å². The fourth-order valence-corrected chi connectivity index (χ4v) is 2.85. The lowest BCUT2D eigenvalue weighted by Crippen LogP contribution is -3.12. The van der Waals surface area contributed by atoms with Crippen LogP contribution in [0.2, 0.25) is 0 Å². The average molecular weight is 299 g/mol. The van der Waals surface area contributed by atoms with E-state index in [4.69, 9.17) is 0 Å². The van der Waals surface area contributed by atoms with E-state index in [0.29, 0.717) is 12.4 Å². The van der Waals surface area contributed by atoms with E-state index < -0.39 is 0 Å². The third kappa shape index (κ3) is 3.20. The van der Waals surface area contributed by atoms with Gasteiger partial charge in [-0.15, -0.1) is 0 Å². The zero-order chi connectivity index (χ0) is 15.5. The molecule has 2 aromatic rings. The van der Waals surface area contributed by atoms with Crippen molar-refractivity contribution in [3.05, 3.63) is 57.5 Å². The Kier molecular flexibility index (Phi) is 4.24. The summed E-state index contributed by atoms with van der Waals surface area (Å²) in [5.41, 5.74) is 2.70. The summed E-state index contributed by atoms with van der Waals surface area (Å²) in [7, 11) is 2.20. The Bertz CT molecular complexity index is 688. The Balaban J connectivity index is 1.84. The molecule has 0 aliphatic carbocycles. The number of aromatic amines is 1. The van der Waals surface area contributed by atoms with E-state index in [2.05, 4.69) is 21.9 Å². The number of quaternary nitrogens is 1. The Morgan fingerprint density at radius 2 is 1.91 bits per heavy atom. The lowest BCUT2D eigenvalue weighted by molar-refractivity contribution is -0.880. The number of benzene rings is 1. The van der Waals surface area contributed by atoms with Gasteiger partial charge in [-0.3, -0.25) is 9.78 Å². The average Bonchev–Trinajstić information content (AvgIpc) is 2.52. The molecule has 0 saturated carbocycles. The molecule has 1 fully saturated rings. The summed E-state index contributed by atoms with van der Waals surface area (Å²) in [4.78, 5) is 23.8. The number of anilines is 1. The maximum atomic E-state index is 12.4.